The Bertz CT molecular complexity index is 1350. The summed E-state index contributed by atoms with van der Waals surface area (Å²) in [6, 6.07) is 17.1. The predicted octanol–water partition coefficient (Wildman–Crippen LogP) is 4.17. The molecule has 0 spiro atoms. The Kier molecular flexibility index (Phi) is 5.73. The van der Waals surface area contributed by atoms with Gasteiger partial charge in [-0.25, -0.2) is 9.97 Å². The fourth-order valence-corrected chi connectivity index (χ4v) is 4.96. The molecule has 0 saturated heterocycles. The summed E-state index contributed by atoms with van der Waals surface area (Å²) < 4.78 is 1.98. The number of nitrogens with one attached hydrogen (secondary N) is 1. The molecule has 3 heterocycles. The Morgan fingerprint density at radius 1 is 1.24 bits per heavy atom. The average molecular weight is 455 g/mol. The van der Waals surface area contributed by atoms with Crippen molar-refractivity contribution in [3.8, 4) is 17.3 Å². The van der Waals surface area contributed by atoms with Crippen molar-refractivity contribution in [3.05, 3.63) is 88.3 Å². The molecule has 7 nitrogen and oxygen atoms in total. The van der Waals surface area contributed by atoms with Gasteiger partial charge < -0.3 is 9.47 Å². The molecular formula is C25H22N6OS. The van der Waals surface area contributed by atoms with E-state index in [0.29, 0.717) is 22.8 Å². The highest BCUT2D eigenvalue weighted by atomic mass is 32.1. The largest absolute Gasteiger partial charge is 0.332 e. The first-order valence-electron chi connectivity index (χ1n) is 10.7. The predicted molar refractivity (Wildman–Crippen MR) is 128 cm³/mol. The maximum absolute atomic E-state index is 12.8. The lowest BCUT2D eigenvalue weighted by Crippen LogP contribution is -2.25. The van der Waals surface area contributed by atoms with Crippen LogP contribution in [0.2, 0.25) is 0 Å². The number of imidazole rings is 1. The molecule has 0 radical (unpaired) electrons. The maximum Gasteiger partial charge on any atom is 0.257 e. The van der Waals surface area contributed by atoms with Gasteiger partial charge in [0, 0.05) is 48.3 Å². The number of hydrogen-bond acceptors (Lipinski definition) is 6. The van der Waals surface area contributed by atoms with Gasteiger partial charge in [0.2, 0.25) is 0 Å². The summed E-state index contributed by atoms with van der Waals surface area (Å²) in [5.41, 5.74) is 5.13. The first-order chi connectivity index (χ1) is 16.1. The van der Waals surface area contributed by atoms with Gasteiger partial charge in [0.15, 0.2) is 5.13 Å². The molecule has 1 aliphatic rings. The maximum atomic E-state index is 12.8. The third-order valence-corrected chi connectivity index (χ3v) is 6.64. The van der Waals surface area contributed by atoms with Crippen molar-refractivity contribution >= 4 is 22.4 Å². The summed E-state index contributed by atoms with van der Waals surface area (Å²) in [7, 11) is 2.10. The fourth-order valence-electron chi connectivity index (χ4n) is 3.88. The Balaban J connectivity index is 1.27. The van der Waals surface area contributed by atoms with Crippen molar-refractivity contribution in [2.75, 3.05) is 18.9 Å². The lowest BCUT2D eigenvalue weighted by Gasteiger charge is -2.20. The summed E-state index contributed by atoms with van der Waals surface area (Å²) in [5.74, 6) is -0.153. The minimum Gasteiger partial charge on any atom is -0.332 e. The van der Waals surface area contributed by atoms with Gasteiger partial charge in [-0.3, -0.25) is 10.1 Å². The van der Waals surface area contributed by atoms with Crippen LogP contribution in [0, 0.1) is 11.3 Å². The summed E-state index contributed by atoms with van der Waals surface area (Å²) >= 11 is 1.56. The number of nitrogens with zero attached hydrogens (tertiary/aromatic N) is 5. The Labute approximate surface area is 196 Å². The fraction of sp³-hybridized carbons (Fsp3) is 0.200. The molecule has 1 aliphatic heterocycles. The van der Waals surface area contributed by atoms with Crippen LogP contribution in [0.4, 0.5) is 5.13 Å². The average Bonchev–Trinajstić information content (AvgIpc) is 3.45. The number of rotatable bonds is 5. The van der Waals surface area contributed by atoms with Crippen LogP contribution in [0.15, 0.2) is 61.1 Å². The van der Waals surface area contributed by atoms with E-state index in [0.717, 1.165) is 42.0 Å². The molecule has 2 aromatic heterocycles. The van der Waals surface area contributed by atoms with Gasteiger partial charge >= 0.3 is 0 Å². The number of nitriles is 1. The molecule has 1 N–H and O–H groups in total. The van der Waals surface area contributed by atoms with Crippen LogP contribution in [0.25, 0.3) is 11.3 Å². The van der Waals surface area contributed by atoms with E-state index in [1.165, 1.54) is 4.88 Å². The summed E-state index contributed by atoms with van der Waals surface area (Å²) in [5, 5.41) is 12.6. The molecule has 8 heteroatoms. The van der Waals surface area contributed by atoms with Crippen LogP contribution in [-0.4, -0.2) is 38.9 Å². The number of likely N-dealkylation sites (N-methyl/N-ethyl adjacent to an activating group) is 1. The van der Waals surface area contributed by atoms with Crippen LogP contribution < -0.4 is 5.32 Å². The van der Waals surface area contributed by atoms with Gasteiger partial charge in [-0.05, 0) is 36.9 Å². The second kappa shape index (κ2) is 8.98. The molecule has 1 amide bonds. The van der Waals surface area contributed by atoms with Crippen LogP contribution in [0.3, 0.4) is 0 Å². The molecule has 5 rings (SSSR count). The molecule has 0 aliphatic carbocycles. The van der Waals surface area contributed by atoms with E-state index >= 15 is 0 Å². The molecule has 164 valence electrons. The third-order valence-electron chi connectivity index (χ3n) is 5.64. The molecule has 33 heavy (non-hydrogen) atoms. The van der Waals surface area contributed by atoms with Crippen molar-refractivity contribution in [2.45, 2.75) is 19.5 Å². The van der Waals surface area contributed by atoms with E-state index in [4.69, 9.17) is 5.26 Å². The van der Waals surface area contributed by atoms with Crippen molar-refractivity contribution in [3.63, 3.8) is 0 Å². The number of thiazole rings is 1. The number of carbonyl (C=O) groups is 1. The van der Waals surface area contributed by atoms with E-state index in [1.54, 1.807) is 29.8 Å². The minimum absolute atomic E-state index is 0.153. The number of carbonyl (C=O) groups excluding carboxylic acids is 1. The summed E-state index contributed by atoms with van der Waals surface area (Å²) in [6.45, 7) is 2.48. The zero-order valence-electron chi connectivity index (χ0n) is 18.2. The zero-order chi connectivity index (χ0) is 22.8. The van der Waals surface area contributed by atoms with Gasteiger partial charge in [-0.2, -0.15) is 5.26 Å². The van der Waals surface area contributed by atoms with E-state index in [1.807, 2.05) is 47.2 Å². The Morgan fingerprint density at radius 3 is 2.91 bits per heavy atom. The minimum atomic E-state index is -0.153. The second-order valence-electron chi connectivity index (χ2n) is 8.15. The van der Waals surface area contributed by atoms with Gasteiger partial charge in [0.25, 0.3) is 5.91 Å². The molecular weight excluding hydrogens is 432 g/mol. The molecule has 0 bridgehead atoms. The highest BCUT2D eigenvalue weighted by Gasteiger charge is 2.19. The molecule has 0 unspecified atom stereocenters. The SMILES string of the molecule is CN1CCc2nc(NC(=O)c3cccc(Cn4cnc(-c5ccc(C#N)cc5)c4)c3)sc2C1. The lowest BCUT2D eigenvalue weighted by molar-refractivity contribution is 0.102. The van der Waals surface area contributed by atoms with E-state index in [9.17, 15) is 4.79 Å². The number of aromatic nitrogens is 3. The van der Waals surface area contributed by atoms with Gasteiger partial charge in [-0.1, -0.05) is 24.3 Å². The monoisotopic (exact) mass is 454 g/mol. The topological polar surface area (TPSA) is 86.8 Å². The summed E-state index contributed by atoms with van der Waals surface area (Å²) in [6.07, 6.45) is 4.66. The highest BCUT2D eigenvalue weighted by molar-refractivity contribution is 7.15. The number of benzene rings is 2. The second-order valence-corrected chi connectivity index (χ2v) is 9.24. The lowest BCUT2D eigenvalue weighted by atomic mass is 10.1. The number of fused-ring (bicyclic) bond motifs is 1. The molecule has 4 aromatic rings. The van der Waals surface area contributed by atoms with Crippen molar-refractivity contribution < 1.29 is 4.79 Å². The van der Waals surface area contributed by atoms with Crippen molar-refractivity contribution in [1.82, 2.24) is 19.4 Å². The van der Waals surface area contributed by atoms with E-state index in [-0.39, 0.29) is 5.91 Å². The van der Waals surface area contributed by atoms with Crippen molar-refractivity contribution in [2.24, 2.45) is 0 Å². The number of amides is 1. The Morgan fingerprint density at radius 2 is 2.09 bits per heavy atom. The number of anilines is 1. The van der Waals surface area contributed by atoms with Crippen LogP contribution in [0.1, 0.15) is 32.1 Å². The van der Waals surface area contributed by atoms with Crippen molar-refractivity contribution in [1.29, 1.82) is 5.26 Å². The molecule has 0 fully saturated rings. The first kappa shape index (κ1) is 21.1. The molecule has 0 saturated carbocycles. The zero-order valence-corrected chi connectivity index (χ0v) is 19.0. The molecule has 0 atom stereocenters. The first-order valence-corrected chi connectivity index (χ1v) is 11.5. The van der Waals surface area contributed by atoms with Crippen LogP contribution in [-0.2, 0) is 19.5 Å². The van der Waals surface area contributed by atoms with E-state index < -0.39 is 0 Å². The summed E-state index contributed by atoms with van der Waals surface area (Å²) in [4.78, 5) is 25.4. The molecule has 2 aromatic carbocycles. The van der Waals surface area contributed by atoms with Crippen LogP contribution in [0.5, 0.6) is 0 Å². The number of hydrogen-bond donors (Lipinski definition) is 1. The normalized spacial score (nSPS) is 13.3. The van der Waals surface area contributed by atoms with E-state index in [2.05, 4.69) is 33.3 Å². The smallest absolute Gasteiger partial charge is 0.257 e. The standard InChI is InChI=1S/C25H22N6OS/c1-30-10-9-21-23(15-30)33-25(28-21)29-24(32)20-4-2-3-18(11-20)13-31-14-22(27-16-31)19-7-5-17(12-26)6-8-19/h2-8,11,14,16H,9-10,13,15H2,1H3,(H,28,29,32). The quantitative estimate of drug-likeness (QED) is 0.489. The van der Waals surface area contributed by atoms with Gasteiger partial charge in [0.1, 0.15) is 0 Å². The third kappa shape index (κ3) is 4.70. The Hall–Kier alpha value is -3.80. The van der Waals surface area contributed by atoms with Gasteiger partial charge in [-0.15, -0.1) is 11.3 Å². The van der Waals surface area contributed by atoms with Gasteiger partial charge in [0.05, 0.1) is 29.3 Å². The van der Waals surface area contributed by atoms with Crippen LogP contribution >= 0.6 is 11.3 Å². The highest BCUT2D eigenvalue weighted by Crippen LogP contribution is 2.28.